The molecule has 0 atom stereocenters. The van der Waals surface area contributed by atoms with Gasteiger partial charge in [-0.05, 0) is 36.4 Å². The Morgan fingerprint density at radius 2 is 1.83 bits per heavy atom. The number of primary sulfonamides is 1. The summed E-state index contributed by atoms with van der Waals surface area (Å²) in [6.45, 7) is 0.0572. The van der Waals surface area contributed by atoms with Crippen molar-refractivity contribution < 1.29 is 27.7 Å². The third-order valence-corrected chi connectivity index (χ3v) is 4.66. The van der Waals surface area contributed by atoms with Crippen molar-refractivity contribution in [1.29, 1.82) is 0 Å². The van der Waals surface area contributed by atoms with Crippen LogP contribution >= 0.6 is 0 Å². The number of carbonyl (C=O) groups excluding carboxylic acids is 2. The molecule has 1 amide bonds. The van der Waals surface area contributed by atoms with Crippen LogP contribution in [-0.2, 0) is 19.6 Å². The van der Waals surface area contributed by atoms with Crippen LogP contribution in [0.4, 0.5) is 17.1 Å². The van der Waals surface area contributed by atoms with Gasteiger partial charge in [-0.1, -0.05) is 0 Å². The molecule has 0 saturated heterocycles. The van der Waals surface area contributed by atoms with Gasteiger partial charge >= 0.3 is 5.97 Å². The van der Waals surface area contributed by atoms with Crippen molar-refractivity contribution >= 4 is 39.0 Å². The number of esters is 1. The molecule has 0 spiro atoms. The van der Waals surface area contributed by atoms with Crippen LogP contribution in [0.3, 0.4) is 0 Å². The first-order valence-electron chi connectivity index (χ1n) is 8.15. The summed E-state index contributed by atoms with van der Waals surface area (Å²) in [5.74, 6) is -0.866. The topological polar surface area (TPSA) is 171 Å². The number of nitro groups is 1. The van der Waals surface area contributed by atoms with Gasteiger partial charge in [0.25, 0.3) is 5.69 Å². The molecule has 2 aromatic carbocycles. The third-order valence-electron chi connectivity index (χ3n) is 3.75. The normalized spacial score (nSPS) is 10.8. The quantitative estimate of drug-likeness (QED) is 0.326. The summed E-state index contributed by atoms with van der Waals surface area (Å²) in [6, 6.07) is 9.25. The molecule has 0 unspecified atom stereocenters. The smallest absolute Gasteiger partial charge is 0.337 e. The van der Waals surface area contributed by atoms with Gasteiger partial charge in [0, 0.05) is 24.7 Å². The Labute approximate surface area is 166 Å². The number of nitro benzene ring substituents is 1. The zero-order chi connectivity index (χ0) is 21.6. The van der Waals surface area contributed by atoms with Gasteiger partial charge in [-0.2, -0.15) is 0 Å². The summed E-state index contributed by atoms with van der Waals surface area (Å²) >= 11 is 0. The number of anilines is 2. The van der Waals surface area contributed by atoms with Crippen LogP contribution in [0.1, 0.15) is 16.8 Å². The van der Waals surface area contributed by atoms with Crippen LogP contribution in [0.25, 0.3) is 0 Å². The maximum absolute atomic E-state index is 12.0. The van der Waals surface area contributed by atoms with E-state index in [4.69, 9.17) is 5.14 Å². The monoisotopic (exact) mass is 422 g/mol. The Kier molecular flexibility index (Phi) is 6.85. The van der Waals surface area contributed by atoms with Gasteiger partial charge in [-0.25, -0.2) is 18.4 Å². The van der Waals surface area contributed by atoms with E-state index in [2.05, 4.69) is 15.4 Å². The molecule has 4 N–H and O–H groups in total. The van der Waals surface area contributed by atoms with Crippen molar-refractivity contribution in [3.05, 3.63) is 58.1 Å². The number of sulfonamides is 1. The van der Waals surface area contributed by atoms with E-state index in [-0.39, 0.29) is 29.5 Å². The molecule has 0 fully saturated rings. The van der Waals surface area contributed by atoms with Gasteiger partial charge < -0.3 is 15.4 Å². The highest BCUT2D eigenvalue weighted by Gasteiger charge is 2.19. The van der Waals surface area contributed by atoms with Crippen LogP contribution in [0.15, 0.2) is 47.4 Å². The Morgan fingerprint density at radius 1 is 1.17 bits per heavy atom. The maximum Gasteiger partial charge on any atom is 0.337 e. The van der Waals surface area contributed by atoms with Gasteiger partial charge in [0.2, 0.25) is 15.9 Å². The second-order valence-electron chi connectivity index (χ2n) is 5.77. The number of hydrogen-bond acceptors (Lipinski definition) is 8. The van der Waals surface area contributed by atoms with Gasteiger partial charge in [0.15, 0.2) is 0 Å². The predicted molar refractivity (Wildman–Crippen MR) is 104 cm³/mol. The van der Waals surface area contributed by atoms with Crippen molar-refractivity contribution in [2.75, 3.05) is 24.3 Å². The van der Waals surface area contributed by atoms with Crippen molar-refractivity contribution in [1.82, 2.24) is 0 Å². The van der Waals surface area contributed by atoms with Gasteiger partial charge in [-0.3, -0.25) is 14.9 Å². The van der Waals surface area contributed by atoms with Crippen molar-refractivity contribution in [2.24, 2.45) is 5.14 Å². The predicted octanol–water partition coefficient (Wildman–Crippen LogP) is 1.47. The number of hydrogen-bond donors (Lipinski definition) is 3. The molecule has 2 aromatic rings. The zero-order valence-corrected chi connectivity index (χ0v) is 16.1. The van der Waals surface area contributed by atoms with Crippen molar-refractivity contribution in [3.63, 3.8) is 0 Å². The Balaban J connectivity index is 1.96. The lowest BCUT2D eigenvalue weighted by Crippen LogP contribution is -2.17. The molecular formula is C17H18N4O7S. The van der Waals surface area contributed by atoms with E-state index in [1.54, 1.807) is 0 Å². The molecule has 0 aliphatic carbocycles. The molecule has 0 heterocycles. The summed E-state index contributed by atoms with van der Waals surface area (Å²) in [4.78, 5) is 33.4. The van der Waals surface area contributed by atoms with Crippen LogP contribution < -0.4 is 15.8 Å². The second-order valence-corrected chi connectivity index (χ2v) is 7.34. The fraction of sp³-hybridized carbons (Fsp3) is 0.176. The average Bonchev–Trinajstić information content (AvgIpc) is 2.67. The minimum atomic E-state index is -4.08. The fourth-order valence-electron chi connectivity index (χ4n) is 2.33. The molecule has 2 rings (SSSR count). The Hall–Kier alpha value is -3.51. The van der Waals surface area contributed by atoms with E-state index in [1.165, 1.54) is 37.4 Å². The highest BCUT2D eigenvalue weighted by molar-refractivity contribution is 7.89. The van der Waals surface area contributed by atoms with Gasteiger partial charge in [0.1, 0.15) is 5.69 Å². The molecule has 154 valence electrons. The largest absolute Gasteiger partial charge is 0.465 e. The standard InChI is InChI=1S/C17H18N4O7S/c1-28-17(23)11-2-4-12(5-3-11)20-16(22)8-9-19-14-7-6-13(29(18,26)27)10-15(14)21(24)25/h2-7,10,19H,8-9H2,1H3,(H,20,22)(H2,18,26,27). The van der Waals surface area contributed by atoms with Crippen LogP contribution in [0, 0.1) is 10.1 Å². The Morgan fingerprint density at radius 3 is 2.38 bits per heavy atom. The minimum absolute atomic E-state index is 0.0210. The lowest BCUT2D eigenvalue weighted by molar-refractivity contribution is -0.384. The lowest BCUT2D eigenvalue weighted by Gasteiger charge is -2.09. The first-order chi connectivity index (χ1) is 13.6. The minimum Gasteiger partial charge on any atom is -0.465 e. The van der Waals surface area contributed by atoms with Crippen molar-refractivity contribution in [2.45, 2.75) is 11.3 Å². The summed E-state index contributed by atoms with van der Waals surface area (Å²) in [5, 5.41) is 21.5. The summed E-state index contributed by atoms with van der Waals surface area (Å²) in [5.41, 5.74) is 0.376. The number of amides is 1. The molecule has 0 aromatic heterocycles. The van der Waals surface area contributed by atoms with Gasteiger partial charge in [-0.15, -0.1) is 0 Å². The van der Waals surface area contributed by atoms with E-state index in [9.17, 15) is 28.1 Å². The van der Waals surface area contributed by atoms with E-state index >= 15 is 0 Å². The molecule has 0 saturated carbocycles. The second kappa shape index (κ2) is 9.12. The number of nitrogens with two attached hydrogens (primary N) is 1. The summed E-state index contributed by atoms with van der Waals surface area (Å²) in [6.07, 6.45) is -0.0210. The number of rotatable bonds is 8. The maximum atomic E-state index is 12.0. The van der Waals surface area contributed by atoms with Crippen LogP contribution in [-0.4, -0.2) is 38.9 Å². The highest BCUT2D eigenvalue weighted by atomic mass is 32.2. The summed E-state index contributed by atoms with van der Waals surface area (Å²) < 4.78 is 27.2. The fourth-order valence-corrected chi connectivity index (χ4v) is 2.86. The highest BCUT2D eigenvalue weighted by Crippen LogP contribution is 2.27. The lowest BCUT2D eigenvalue weighted by atomic mass is 10.2. The molecule has 12 heteroatoms. The third kappa shape index (κ3) is 5.99. The summed E-state index contributed by atoms with van der Waals surface area (Å²) in [7, 11) is -2.82. The molecule has 0 radical (unpaired) electrons. The number of nitrogens with zero attached hydrogens (tertiary/aromatic N) is 1. The molecule has 11 nitrogen and oxygen atoms in total. The van der Waals surface area contributed by atoms with Crippen LogP contribution in [0.5, 0.6) is 0 Å². The Bertz CT molecular complexity index is 1040. The number of nitrogens with one attached hydrogen (secondary N) is 2. The molecular weight excluding hydrogens is 404 g/mol. The number of benzene rings is 2. The molecule has 0 bridgehead atoms. The van der Waals surface area contributed by atoms with E-state index in [1.807, 2.05) is 0 Å². The number of carbonyl (C=O) groups is 2. The molecule has 29 heavy (non-hydrogen) atoms. The molecule has 0 aliphatic heterocycles. The van der Waals surface area contributed by atoms with Crippen LogP contribution in [0.2, 0.25) is 0 Å². The van der Waals surface area contributed by atoms with E-state index in [0.29, 0.717) is 11.3 Å². The first-order valence-corrected chi connectivity index (χ1v) is 9.70. The molecule has 0 aliphatic rings. The first kappa shape index (κ1) is 21.8. The van der Waals surface area contributed by atoms with Crippen molar-refractivity contribution in [3.8, 4) is 0 Å². The number of methoxy groups -OCH3 is 1. The zero-order valence-electron chi connectivity index (χ0n) is 15.2. The number of ether oxygens (including phenoxy) is 1. The van der Waals surface area contributed by atoms with Gasteiger partial charge in [0.05, 0.1) is 22.5 Å². The SMILES string of the molecule is COC(=O)c1ccc(NC(=O)CCNc2ccc(S(N)(=O)=O)cc2[N+](=O)[O-])cc1. The van der Waals surface area contributed by atoms with E-state index in [0.717, 1.165) is 12.1 Å². The average molecular weight is 422 g/mol. The van der Waals surface area contributed by atoms with E-state index < -0.39 is 26.6 Å².